The summed E-state index contributed by atoms with van der Waals surface area (Å²) < 4.78 is 13.4. The molecule has 0 saturated heterocycles. The molecule has 0 spiro atoms. The first-order valence-electron chi connectivity index (χ1n) is 7.71. The molecule has 23 heavy (non-hydrogen) atoms. The van der Waals surface area contributed by atoms with Gasteiger partial charge in [-0.15, -0.1) is 0 Å². The number of aromatic nitrogens is 1. The maximum atomic E-state index is 13.4. The summed E-state index contributed by atoms with van der Waals surface area (Å²) in [6, 6.07) is 14.4. The van der Waals surface area contributed by atoms with Crippen LogP contribution in [0.3, 0.4) is 0 Å². The maximum Gasteiger partial charge on any atom is 0.270 e. The summed E-state index contributed by atoms with van der Waals surface area (Å²) in [5.41, 5.74) is 3.19. The van der Waals surface area contributed by atoms with Crippen molar-refractivity contribution in [1.82, 2.24) is 9.88 Å². The molecule has 0 aliphatic heterocycles. The number of benzene rings is 2. The lowest BCUT2D eigenvalue weighted by Gasteiger charge is -2.20. The van der Waals surface area contributed by atoms with Gasteiger partial charge in [0.2, 0.25) is 0 Å². The third kappa shape index (κ3) is 2.97. The summed E-state index contributed by atoms with van der Waals surface area (Å²) in [4.78, 5) is 17.8. The number of aryl methyl sites for hydroxylation is 1. The first-order chi connectivity index (χ1) is 11.1. The van der Waals surface area contributed by atoms with E-state index in [9.17, 15) is 9.18 Å². The minimum Gasteiger partial charge on any atom is -0.350 e. The van der Waals surface area contributed by atoms with E-state index in [1.165, 1.54) is 12.1 Å². The number of amides is 1. The molecule has 1 aromatic heterocycles. The summed E-state index contributed by atoms with van der Waals surface area (Å²) >= 11 is 0. The van der Waals surface area contributed by atoms with Crippen molar-refractivity contribution in [2.24, 2.45) is 0 Å². The number of hydrogen-bond donors (Lipinski definition) is 1. The van der Waals surface area contributed by atoms with Gasteiger partial charge < -0.3 is 9.88 Å². The van der Waals surface area contributed by atoms with E-state index in [4.69, 9.17) is 0 Å². The lowest BCUT2D eigenvalue weighted by atomic mass is 10.1. The number of H-pyrrole nitrogens is 1. The SMILES string of the molecule is CCN(Cc1ccccc1)C(=O)c1[nH]c2ccc(F)cc2c1C. The smallest absolute Gasteiger partial charge is 0.270 e. The predicted molar refractivity (Wildman–Crippen MR) is 89.9 cm³/mol. The molecule has 3 rings (SSSR count). The first-order valence-corrected chi connectivity index (χ1v) is 7.71. The van der Waals surface area contributed by atoms with Crippen molar-refractivity contribution < 1.29 is 9.18 Å². The normalized spacial score (nSPS) is 10.9. The molecule has 0 atom stereocenters. The van der Waals surface area contributed by atoms with Crippen molar-refractivity contribution in [1.29, 1.82) is 0 Å². The van der Waals surface area contributed by atoms with Crippen LogP contribution in [0.1, 0.15) is 28.5 Å². The van der Waals surface area contributed by atoms with E-state index < -0.39 is 0 Å². The van der Waals surface area contributed by atoms with Gasteiger partial charge in [-0.3, -0.25) is 4.79 Å². The number of rotatable bonds is 4. The van der Waals surface area contributed by atoms with Crippen molar-refractivity contribution >= 4 is 16.8 Å². The molecule has 118 valence electrons. The summed E-state index contributed by atoms with van der Waals surface area (Å²) in [7, 11) is 0. The van der Waals surface area contributed by atoms with Crippen LogP contribution < -0.4 is 0 Å². The van der Waals surface area contributed by atoms with E-state index in [0.29, 0.717) is 18.8 Å². The van der Waals surface area contributed by atoms with E-state index >= 15 is 0 Å². The van der Waals surface area contributed by atoms with E-state index in [1.54, 1.807) is 11.0 Å². The van der Waals surface area contributed by atoms with Crippen molar-refractivity contribution in [2.75, 3.05) is 6.54 Å². The fourth-order valence-corrected chi connectivity index (χ4v) is 2.80. The zero-order valence-corrected chi connectivity index (χ0v) is 13.3. The Morgan fingerprint density at radius 1 is 1.17 bits per heavy atom. The monoisotopic (exact) mass is 310 g/mol. The summed E-state index contributed by atoms with van der Waals surface area (Å²) in [6.07, 6.45) is 0. The zero-order chi connectivity index (χ0) is 16.4. The Balaban J connectivity index is 1.93. The van der Waals surface area contributed by atoms with E-state index in [-0.39, 0.29) is 11.7 Å². The van der Waals surface area contributed by atoms with Crippen LogP contribution in [-0.4, -0.2) is 22.3 Å². The third-order valence-corrected chi connectivity index (χ3v) is 4.12. The van der Waals surface area contributed by atoms with E-state index in [0.717, 1.165) is 22.0 Å². The number of fused-ring (bicyclic) bond motifs is 1. The quantitative estimate of drug-likeness (QED) is 0.767. The number of nitrogens with zero attached hydrogens (tertiary/aromatic N) is 1. The molecular formula is C19H19FN2O. The second kappa shape index (κ2) is 6.24. The molecule has 0 aliphatic rings. The lowest BCUT2D eigenvalue weighted by molar-refractivity contribution is 0.0747. The molecule has 0 fully saturated rings. The molecule has 0 bridgehead atoms. The molecule has 1 heterocycles. The van der Waals surface area contributed by atoms with Gasteiger partial charge in [-0.2, -0.15) is 0 Å². The number of hydrogen-bond acceptors (Lipinski definition) is 1. The average molecular weight is 310 g/mol. The van der Waals surface area contributed by atoms with Gasteiger partial charge in [0.05, 0.1) is 0 Å². The Labute approximate surface area is 134 Å². The van der Waals surface area contributed by atoms with Crippen LogP contribution in [0.4, 0.5) is 4.39 Å². The number of halogens is 1. The summed E-state index contributed by atoms with van der Waals surface area (Å²) in [6.45, 7) is 4.97. The van der Waals surface area contributed by atoms with Gasteiger partial charge in [0.1, 0.15) is 11.5 Å². The Morgan fingerprint density at radius 3 is 2.61 bits per heavy atom. The fourth-order valence-electron chi connectivity index (χ4n) is 2.80. The Bertz CT molecular complexity index is 839. The first kappa shape index (κ1) is 15.3. The summed E-state index contributed by atoms with van der Waals surface area (Å²) in [5.74, 6) is -0.360. The Hall–Kier alpha value is -2.62. The molecule has 3 nitrogen and oxygen atoms in total. The van der Waals surface area contributed by atoms with Crippen LogP contribution in [0.5, 0.6) is 0 Å². The van der Waals surface area contributed by atoms with Crippen molar-refractivity contribution in [2.45, 2.75) is 20.4 Å². The topological polar surface area (TPSA) is 36.1 Å². The molecular weight excluding hydrogens is 291 g/mol. The van der Waals surface area contributed by atoms with Gasteiger partial charge in [0, 0.05) is 24.0 Å². The van der Waals surface area contributed by atoms with Gasteiger partial charge in [0.25, 0.3) is 5.91 Å². The third-order valence-electron chi connectivity index (χ3n) is 4.12. The number of carbonyl (C=O) groups is 1. The van der Waals surface area contributed by atoms with Gasteiger partial charge in [-0.25, -0.2) is 4.39 Å². The molecule has 1 amide bonds. The molecule has 0 radical (unpaired) electrons. The lowest BCUT2D eigenvalue weighted by Crippen LogP contribution is -2.31. The second-order valence-electron chi connectivity index (χ2n) is 5.62. The highest BCUT2D eigenvalue weighted by atomic mass is 19.1. The molecule has 0 unspecified atom stereocenters. The standard InChI is InChI=1S/C19H19FN2O/c1-3-22(12-14-7-5-4-6-8-14)19(23)18-13(2)16-11-15(20)9-10-17(16)21-18/h4-11,21H,3,12H2,1-2H3. The van der Waals surface area contributed by atoms with Gasteiger partial charge in [-0.1, -0.05) is 30.3 Å². The highest BCUT2D eigenvalue weighted by molar-refractivity contribution is 6.00. The largest absolute Gasteiger partial charge is 0.350 e. The van der Waals surface area contributed by atoms with Gasteiger partial charge >= 0.3 is 0 Å². The minimum atomic E-state index is -0.296. The van der Waals surface area contributed by atoms with Crippen LogP contribution in [-0.2, 0) is 6.54 Å². The van der Waals surface area contributed by atoms with Crippen LogP contribution in [0.2, 0.25) is 0 Å². The molecule has 4 heteroatoms. The van der Waals surface area contributed by atoms with Crippen LogP contribution in [0.25, 0.3) is 10.9 Å². The molecule has 1 N–H and O–H groups in total. The molecule has 0 saturated carbocycles. The predicted octanol–water partition coefficient (Wildman–Crippen LogP) is 4.28. The van der Waals surface area contributed by atoms with Crippen molar-refractivity contribution in [3.05, 3.63) is 71.2 Å². The molecule has 2 aromatic carbocycles. The number of aromatic amines is 1. The van der Waals surface area contributed by atoms with Crippen LogP contribution in [0.15, 0.2) is 48.5 Å². The van der Waals surface area contributed by atoms with E-state index in [2.05, 4.69) is 4.98 Å². The fraction of sp³-hybridized carbons (Fsp3) is 0.211. The molecule has 0 aliphatic carbocycles. The van der Waals surface area contributed by atoms with Crippen LogP contribution >= 0.6 is 0 Å². The summed E-state index contributed by atoms with van der Waals surface area (Å²) in [5, 5.41) is 0.754. The minimum absolute atomic E-state index is 0.0644. The Morgan fingerprint density at radius 2 is 1.91 bits per heavy atom. The molecule has 3 aromatic rings. The maximum absolute atomic E-state index is 13.4. The number of carbonyl (C=O) groups excluding carboxylic acids is 1. The van der Waals surface area contributed by atoms with Crippen molar-refractivity contribution in [3.63, 3.8) is 0 Å². The second-order valence-corrected chi connectivity index (χ2v) is 5.62. The average Bonchev–Trinajstić information content (AvgIpc) is 2.89. The Kier molecular flexibility index (Phi) is 4.15. The van der Waals surface area contributed by atoms with Crippen molar-refractivity contribution in [3.8, 4) is 0 Å². The highest BCUT2D eigenvalue weighted by Crippen LogP contribution is 2.24. The van der Waals surface area contributed by atoms with E-state index in [1.807, 2.05) is 44.2 Å². The number of nitrogens with one attached hydrogen (secondary N) is 1. The van der Waals surface area contributed by atoms with Gasteiger partial charge in [-0.05, 0) is 43.2 Å². The highest BCUT2D eigenvalue weighted by Gasteiger charge is 2.20. The zero-order valence-electron chi connectivity index (χ0n) is 13.3. The van der Waals surface area contributed by atoms with Crippen LogP contribution in [0, 0.1) is 12.7 Å². The van der Waals surface area contributed by atoms with Gasteiger partial charge in [0.15, 0.2) is 0 Å².